The van der Waals surface area contributed by atoms with Gasteiger partial charge in [0, 0.05) is 6.04 Å². The minimum absolute atomic E-state index is 0.117. The lowest BCUT2D eigenvalue weighted by molar-refractivity contribution is -0.144. The second kappa shape index (κ2) is 6.24. The summed E-state index contributed by atoms with van der Waals surface area (Å²) in [5.74, 6) is 0.995. The second-order valence-electron chi connectivity index (χ2n) is 4.91. The summed E-state index contributed by atoms with van der Waals surface area (Å²) in [7, 11) is 1.47. The summed E-state index contributed by atoms with van der Waals surface area (Å²) in [6.45, 7) is 6.40. The van der Waals surface area contributed by atoms with Gasteiger partial charge in [0.25, 0.3) is 0 Å². The van der Waals surface area contributed by atoms with Crippen molar-refractivity contribution in [3.05, 3.63) is 0 Å². The molecule has 1 fully saturated rings. The third-order valence-corrected chi connectivity index (χ3v) is 3.69. The van der Waals surface area contributed by atoms with Crippen LogP contribution in [0.3, 0.4) is 0 Å². The molecule has 3 atom stereocenters. The molecule has 1 aliphatic carbocycles. The quantitative estimate of drug-likeness (QED) is 0.678. The van der Waals surface area contributed by atoms with Crippen LogP contribution in [0, 0.1) is 11.8 Å². The van der Waals surface area contributed by atoms with Gasteiger partial charge in [-0.25, -0.2) is 0 Å². The van der Waals surface area contributed by atoms with Crippen LogP contribution in [0.25, 0.3) is 0 Å². The molecule has 3 heteroatoms. The van der Waals surface area contributed by atoms with E-state index in [0.717, 1.165) is 18.8 Å². The van der Waals surface area contributed by atoms with E-state index >= 15 is 0 Å². The molecule has 3 nitrogen and oxygen atoms in total. The third-order valence-electron chi connectivity index (χ3n) is 3.69. The summed E-state index contributed by atoms with van der Waals surface area (Å²) < 4.78 is 4.88. The number of carbonyl (C=O) groups excluding carboxylic acids is 1. The van der Waals surface area contributed by atoms with Crippen LogP contribution in [0.4, 0.5) is 0 Å². The summed E-state index contributed by atoms with van der Waals surface area (Å²) in [4.78, 5) is 11.7. The Labute approximate surface area is 98.9 Å². The zero-order valence-corrected chi connectivity index (χ0v) is 11.0. The average Bonchev–Trinajstić information content (AvgIpc) is 3.13. The molecule has 1 aliphatic rings. The molecule has 0 radical (unpaired) electrons. The van der Waals surface area contributed by atoms with Gasteiger partial charge in [-0.05, 0) is 31.1 Å². The van der Waals surface area contributed by atoms with Crippen molar-refractivity contribution in [3.8, 4) is 0 Å². The summed E-state index contributed by atoms with van der Waals surface area (Å²) in [6, 6.07) is 0.346. The van der Waals surface area contributed by atoms with Crippen molar-refractivity contribution in [1.82, 2.24) is 5.32 Å². The Bertz CT molecular complexity index is 226. The maximum Gasteiger partial charge on any atom is 0.323 e. The molecule has 1 saturated carbocycles. The van der Waals surface area contributed by atoms with Crippen molar-refractivity contribution < 1.29 is 9.53 Å². The molecule has 0 spiro atoms. The molecule has 0 heterocycles. The Balaban J connectivity index is 2.57. The van der Waals surface area contributed by atoms with Gasteiger partial charge in [-0.2, -0.15) is 0 Å². The maximum atomic E-state index is 11.7. The van der Waals surface area contributed by atoms with Gasteiger partial charge in [0.05, 0.1) is 7.11 Å². The van der Waals surface area contributed by atoms with Crippen LogP contribution in [0.5, 0.6) is 0 Å². The van der Waals surface area contributed by atoms with Crippen LogP contribution in [-0.2, 0) is 9.53 Å². The van der Waals surface area contributed by atoms with Crippen LogP contribution in [0.2, 0.25) is 0 Å². The highest BCUT2D eigenvalue weighted by atomic mass is 16.5. The predicted molar refractivity (Wildman–Crippen MR) is 65.2 cm³/mol. The smallest absolute Gasteiger partial charge is 0.323 e. The number of rotatable bonds is 7. The maximum absolute atomic E-state index is 11.7. The number of hydrogen-bond donors (Lipinski definition) is 1. The second-order valence-corrected chi connectivity index (χ2v) is 4.91. The van der Waals surface area contributed by atoms with Gasteiger partial charge in [0.2, 0.25) is 0 Å². The fourth-order valence-corrected chi connectivity index (χ4v) is 2.14. The van der Waals surface area contributed by atoms with E-state index in [2.05, 4.69) is 26.1 Å². The van der Waals surface area contributed by atoms with E-state index in [9.17, 15) is 4.79 Å². The minimum atomic E-state index is -0.138. The predicted octanol–water partition coefficient (Wildman–Crippen LogP) is 2.35. The van der Waals surface area contributed by atoms with E-state index < -0.39 is 0 Å². The van der Waals surface area contributed by atoms with Crippen LogP contribution in [0.15, 0.2) is 0 Å². The fourth-order valence-electron chi connectivity index (χ4n) is 2.14. The van der Waals surface area contributed by atoms with Crippen molar-refractivity contribution in [2.45, 2.75) is 58.5 Å². The van der Waals surface area contributed by atoms with E-state index in [-0.39, 0.29) is 12.0 Å². The van der Waals surface area contributed by atoms with Crippen molar-refractivity contribution in [2.75, 3.05) is 7.11 Å². The monoisotopic (exact) mass is 227 g/mol. The van der Waals surface area contributed by atoms with Gasteiger partial charge in [-0.3, -0.25) is 4.79 Å². The first-order chi connectivity index (χ1) is 7.63. The molecule has 0 aromatic rings. The minimum Gasteiger partial charge on any atom is -0.468 e. The first-order valence-electron chi connectivity index (χ1n) is 6.47. The molecule has 94 valence electrons. The molecule has 1 N–H and O–H groups in total. The lowest BCUT2D eigenvalue weighted by Gasteiger charge is -2.27. The highest BCUT2D eigenvalue weighted by Gasteiger charge is 2.34. The number of hydrogen-bond acceptors (Lipinski definition) is 3. The van der Waals surface area contributed by atoms with Gasteiger partial charge in [-0.15, -0.1) is 0 Å². The zero-order chi connectivity index (χ0) is 12.1. The molecule has 0 aliphatic heterocycles. The molecule has 3 unspecified atom stereocenters. The van der Waals surface area contributed by atoms with E-state index in [1.54, 1.807) is 0 Å². The first kappa shape index (κ1) is 13.5. The first-order valence-corrected chi connectivity index (χ1v) is 6.47. The number of esters is 1. The molecule has 0 bridgehead atoms. The van der Waals surface area contributed by atoms with Crippen LogP contribution in [0.1, 0.15) is 46.5 Å². The molecular formula is C13H25NO2. The topological polar surface area (TPSA) is 38.3 Å². The molecule has 16 heavy (non-hydrogen) atoms. The number of nitrogens with one attached hydrogen (secondary N) is 1. The normalized spacial score (nSPS) is 21.2. The Morgan fingerprint density at radius 3 is 2.38 bits per heavy atom. The lowest BCUT2D eigenvalue weighted by atomic mass is 9.97. The van der Waals surface area contributed by atoms with Gasteiger partial charge in [-0.1, -0.05) is 27.2 Å². The third kappa shape index (κ3) is 3.48. The van der Waals surface area contributed by atoms with Gasteiger partial charge in [0.1, 0.15) is 6.04 Å². The molecule has 0 aromatic carbocycles. The van der Waals surface area contributed by atoms with E-state index in [1.165, 1.54) is 20.0 Å². The van der Waals surface area contributed by atoms with Crippen LogP contribution >= 0.6 is 0 Å². The Morgan fingerprint density at radius 2 is 2.00 bits per heavy atom. The largest absolute Gasteiger partial charge is 0.468 e. The van der Waals surface area contributed by atoms with Crippen molar-refractivity contribution in [1.29, 1.82) is 0 Å². The highest BCUT2D eigenvalue weighted by Crippen LogP contribution is 2.34. The van der Waals surface area contributed by atoms with E-state index in [4.69, 9.17) is 4.74 Å². The van der Waals surface area contributed by atoms with E-state index in [0.29, 0.717) is 12.0 Å². The Hall–Kier alpha value is -0.570. The Kier molecular flexibility index (Phi) is 5.26. The van der Waals surface area contributed by atoms with Gasteiger partial charge < -0.3 is 10.1 Å². The van der Waals surface area contributed by atoms with Crippen molar-refractivity contribution in [2.24, 2.45) is 11.8 Å². The zero-order valence-electron chi connectivity index (χ0n) is 11.0. The van der Waals surface area contributed by atoms with E-state index in [1.807, 2.05) is 0 Å². The number of ether oxygens (including phenoxy) is 1. The summed E-state index contributed by atoms with van der Waals surface area (Å²) >= 11 is 0. The summed E-state index contributed by atoms with van der Waals surface area (Å²) in [5, 5.41) is 3.49. The lowest BCUT2D eigenvalue weighted by Crippen LogP contribution is -2.48. The number of methoxy groups -OCH3 is 1. The molecule has 1 rings (SSSR count). The number of carbonyl (C=O) groups is 1. The summed E-state index contributed by atoms with van der Waals surface area (Å²) in [6.07, 6.45) is 4.70. The summed E-state index contributed by atoms with van der Waals surface area (Å²) in [5.41, 5.74) is 0. The van der Waals surface area contributed by atoms with Crippen LogP contribution < -0.4 is 5.32 Å². The Morgan fingerprint density at radius 1 is 1.38 bits per heavy atom. The molecule has 0 saturated heterocycles. The molecule has 0 amide bonds. The molecular weight excluding hydrogens is 202 g/mol. The molecule has 0 aromatic heterocycles. The fraction of sp³-hybridized carbons (Fsp3) is 0.923. The average molecular weight is 227 g/mol. The SMILES string of the molecule is CCC(C)C(NC(CC)C1CC1)C(=O)OC. The van der Waals surface area contributed by atoms with Gasteiger partial charge in [0.15, 0.2) is 0 Å². The van der Waals surface area contributed by atoms with Crippen molar-refractivity contribution in [3.63, 3.8) is 0 Å². The standard InChI is InChI=1S/C13H25NO2/c1-5-9(3)12(13(15)16-4)14-11(6-2)10-7-8-10/h9-12,14H,5-8H2,1-4H3. The van der Waals surface area contributed by atoms with Gasteiger partial charge >= 0.3 is 5.97 Å². The van der Waals surface area contributed by atoms with Crippen LogP contribution in [-0.4, -0.2) is 25.2 Å². The highest BCUT2D eigenvalue weighted by molar-refractivity contribution is 5.76. The van der Waals surface area contributed by atoms with Crippen molar-refractivity contribution >= 4 is 5.97 Å².